The van der Waals surface area contributed by atoms with Crippen molar-refractivity contribution < 1.29 is 8.91 Å². The number of benzene rings is 2. The summed E-state index contributed by atoms with van der Waals surface area (Å²) < 4.78 is 20.4. The maximum atomic E-state index is 13.0. The van der Waals surface area contributed by atoms with Crippen molar-refractivity contribution in [1.29, 1.82) is 0 Å². The summed E-state index contributed by atoms with van der Waals surface area (Å²) in [6, 6.07) is 20.1. The lowest BCUT2D eigenvalue weighted by molar-refractivity contribution is 0.435. The van der Waals surface area contributed by atoms with Crippen LogP contribution >= 0.6 is 0 Å². The van der Waals surface area contributed by atoms with Gasteiger partial charge in [0.05, 0.1) is 0 Å². The summed E-state index contributed by atoms with van der Waals surface area (Å²) >= 11 is 0. The van der Waals surface area contributed by atoms with Crippen LogP contribution in [0.2, 0.25) is 0 Å². The zero-order chi connectivity index (χ0) is 15.6. The van der Waals surface area contributed by atoms with E-state index in [4.69, 9.17) is 4.52 Å². The van der Waals surface area contributed by atoms with Crippen molar-refractivity contribution in [3.8, 4) is 28.3 Å². The average molecular weight is 304 g/mol. The van der Waals surface area contributed by atoms with E-state index in [-0.39, 0.29) is 5.82 Å². The maximum absolute atomic E-state index is 13.0. The van der Waals surface area contributed by atoms with Crippen molar-refractivity contribution in [2.45, 2.75) is 0 Å². The molecule has 0 atom stereocenters. The van der Waals surface area contributed by atoms with Crippen LogP contribution in [0.25, 0.3) is 28.3 Å². The summed E-state index contributed by atoms with van der Waals surface area (Å²) in [7, 11) is 0. The molecule has 4 heteroatoms. The molecule has 0 aliphatic heterocycles. The van der Waals surface area contributed by atoms with Gasteiger partial charge in [-0.1, -0.05) is 5.16 Å². The third kappa shape index (κ3) is 2.66. The van der Waals surface area contributed by atoms with E-state index < -0.39 is 0 Å². The molecule has 0 saturated heterocycles. The van der Waals surface area contributed by atoms with Crippen LogP contribution in [0.4, 0.5) is 4.39 Å². The Morgan fingerprint density at radius 3 is 2.17 bits per heavy atom. The number of rotatable bonds is 3. The van der Waals surface area contributed by atoms with Crippen molar-refractivity contribution in [2.24, 2.45) is 0 Å². The second-order valence-electron chi connectivity index (χ2n) is 5.22. The molecule has 3 nitrogen and oxygen atoms in total. The Morgan fingerprint density at radius 1 is 0.826 bits per heavy atom. The molecule has 2 heterocycles. The first-order chi connectivity index (χ1) is 11.3. The van der Waals surface area contributed by atoms with Gasteiger partial charge in [0, 0.05) is 35.3 Å². The second-order valence-corrected chi connectivity index (χ2v) is 5.22. The van der Waals surface area contributed by atoms with Gasteiger partial charge in [0.15, 0.2) is 5.76 Å². The van der Waals surface area contributed by atoms with Crippen LogP contribution < -0.4 is 0 Å². The topological polar surface area (TPSA) is 31.0 Å². The monoisotopic (exact) mass is 304 g/mol. The Bertz CT molecular complexity index is 907. The fraction of sp³-hybridized carbons (Fsp3) is 0. The minimum absolute atomic E-state index is 0.266. The SMILES string of the molecule is Fc1ccc(-c2cc(-c3ccc(-n4cccc4)cc3)on2)cc1. The molecule has 0 N–H and O–H groups in total. The zero-order valence-corrected chi connectivity index (χ0v) is 12.2. The summed E-state index contributed by atoms with van der Waals surface area (Å²) in [6.45, 7) is 0. The van der Waals surface area contributed by atoms with Gasteiger partial charge in [0.2, 0.25) is 0 Å². The summed E-state index contributed by atoms with van der Waals surface area (Å²) in [6.07, 6.45) is 3.99. The molecule has 0 aliphatic carbocycles. The minimum Gasteiger partial charge on any atom is -0.356 e. The first kappa shape index (κ1) is 13.5. The number of nitrogens with zero attached hydrogens (tertiary/aromatic N) is 2. The smallest absolute Gasteiger partial charge is 0.167 e. The van der Waals surface area contributed by atoms with Gasteiger partial charge in [-0.15, -0.1) is 0 Å². The summed E-state index contributed by atoms with van der Waals surface area (Å²) in [5.41, 5.74) is 3.54. The van der Waals surface area contributed by atoms with E-state index in [2.05, 4.69) is 5.16 Å². The fourth-order valence-electron chi connectivity index (χ4n) is 2.47. The van der Waals surface area contributed by atoms with E-state index in [1.54, 1.807) is 12.1 Å². The molecule has 0 aliphatic rings. The molecule has 0 saturated carbocycles. The molecular formula is C19H13FN2O. The molecule has 0 amide bonds. The number of aromatic nitrogens is 2. The highest BCUT2D eigenvalue weighted by Crippen LogP contribution is 2.26. The molecule has 0 fully saturated rings. The first-order valence-electron chi connectivity index (χ1n) is 7.26. The summed E-state index contributed by atoms with van der Waals surface area (Å²) in [5.74, 6) is 0.418. The standard InChI is InChI=1S/C19H13FN2O/c20-16-7-3-14(4-8-16)18-13-19(23-21-18)15-5-9-17(10-6-15)22-11-1-2-12-22/h1-13H. The Kier molecular flexibility index (Phi) is 3.27. The summed E-state index contributed by atoms with van der Waals surface area (Å²) in [5, 5.41) is 4.06. The quantitative estimate of drug-likeness (QED) is 0.537. The van der Waals surface area contributed by atoms with Gasteiger partial charge in [-0.25, -0.2) is 4.39 Å². The highest BCUT2D eigenvalue weighted by Gasteiger charge is 2.09. The van der Waals surface area contributed by atoms with Gasteiger partial charge in [-0.2, -0.15) is 0 Å². The van der Waals surface area contributed by atoms with Gasteiger partial charge in [-0.05, 0) is 60.7 Å². The predicted molar refractivity (Wildman–Crippen MR) is 86.7 cm³/mol. The van der Waals surface area contributed by atoms with E-state index in [9.17, 15) is 4.39 Å². The normalized spacial score (nSPS) is 10.8. The molecule has 2 aromatic carbocycles. The number of hydrogen-bond acceptors (Lipinski definition) is 2. The summed E-state index contributed by atoms with van der Waals surface area (Å²) in [4.78, 5) is 0. The van der Waals surface area contributed by atoms with Gasteiger partial charge in [0.1, 0.15) is 11.5 Å². The lowest BCUT2D eigenvalue weighted by atomic mass is 10.1. The Labute approximate surface area is 132 Å². The van der Waals surface area contributed by atoms with Crippen LogP contribution in [0.5, 0.6) is 0 Å². The number of hydrogen-bond donors (Lipinski definition) is 0. The second kappa shape index (κ2) is 5.57. The van der Waals surface area contributed by atoms with Crippen LogP contribution in [0.15, 0.2) is 83.6 Å². The molecule has 0 bridgehead atoms. The van der Waals surface area contributed by atoms with E-state index in [1.165, 1.54) is 12.1 Å². The van der Waals surface area contributed by atoms with Crippen LogP contribution in [-0.4, -0.2) is 9.72 Å². The van der Waals surface area contributed by atoms with Gasteiger partial charge in [0.25, 0.3) is 0 Å². The zero-order valence-electron chi connectivity index (χ0n) is 12.2. The Hall–Kier alpha value is -3.14. The molecule has 2 aromatic heterocycles. The molecule has 0 unspecified atom stereocenters. The van der Waals surface area contributed by atoms with Crippen LogP contribution in [0.1, 0.15) is 0 Å². The lowest BCUT2D eigenvalue weighted by Crippen LogP contribution is -1.88. The molecule has 112 valence electrons. The van der Waals surface area contributed by atoms with Crippen molar-refractivity contribution in [1.82, 2.24) is 9.72 Å². The van der Waals surface area contributed by atoms with Gasteiger partial charge >= 0.3 is 0 Å². The van der Waals surface area contributed by atoms with Gasteiger partial charge in [-0.3, -0.25) is 0 Å². The third-order valence-electron chi connectivity index (χ3n) is 3.70. The van der Waals surface area contributed by atoms with Gasteiger partial charge < -0.3 is 9.09 Å². The Morgan fingerprint density at radius 2 is 1.48 bits per heavy atom. The highest BCUT2D eigenvalue weighted by molar-refractivity contribution is 5.67. The third-order valence-corrected chi connectivity index (χ3v) is 3.70. The molecule has 23 heavy (non-hydrogen) atoms. The van der Waals surface area contributed by atoms with Crippen LogP contribution in [-0.2, 0) is 0 Å². The molecule has 4 aromatic rings. The van der Waals surface area contributed by atoms with Crippen LogP contribution in [0, 0.1) is 5.82 Å². The largest absolute Gasteiger partial charge is 0.356 e. The van der Waals surface area contributed by atoms with E-state index in [0.29, 0.717) is 11.5 Å². The first-order valence-corrected chi connectivity index (χ1v) is 7.26. The van der Waals surface area contributed by atoms with E-state index in [1.807, 2.05) is 59.4 Å². The molecule has 4 rings (SSSR count). The van der Waals surface area contributed by atoms with Crippen molar-refractivity contribution in [3.05, 3.63) is 84.9 Å². The minimum atomic E-state index is -0.266. The van der Waals surface area contributed by atoms with Crippen molar-refractivity contribution in [3.63, 3.8) is 0 Å². The molecule has 0 spiro atoms. The molecule has 0 radical (unpaired) electrons. The highest BCUT2D eigenvalue weighted by atomic mass is 19.1. The predicted octanol–water partition coefficient (Wildman–Crippen LogP) is 4.94. The van der Waals surface area contributed by atoms with Crippen molar-refractivity contribution in [2.75, 3.05) is 0 Å². The molecular weight excluding hydrogens is 291 g/mol. The van der Waals surface area contributed by atoms with E-state index >= 15 is 0 Å². The average Bonchev–Trinajstić information content (AvgIpc) is 3.28. The van der Waals surface area contributed by atoms with Crippen molar-refractivity contribution >= 4 is 0 Å². The van der Waals surface area contributed by atoms with E-state index in [0.717, 1.165) is 16.8 Å². The number of halogens is 1. The van der Waals surface area contributed by atoms with Crippen LogP contribution in [0.3, 0.4) is 0 Å². The Balaban J connectivity index is 1.62. The maximum Gasteiger partial charge on any atom is 0.167 e. The fourth-order valence-corrected chi connectivity index (χ4v) is 2.47. The lowest BCUT2D eigenvalue weighted by Gasteiger charge is -2.03.